The number of aryl methyl sites for hydroxylation is 1. The first kappa shape index (κ1) is 20.6. The Morgan fingerprint density at radius 1 is 1.29 bits per heavy atom. The fraction of sp³-hybridized carbons (Fsp3) is 0.211. The summed E-state index contributed by atoms with van der Waals surface area (Å²) in [6, 6.07) is 10.0. The predicted molar refractivity (Wildman–Crippen MR) is 112 cm³/mol. The molecule has 148 valence electrons. The molecule has 28 heavy (non-hydrogen) atoms. The van der Waals surface area contributed by atoms with Crippen molar-refractivity contribution in [1.29, 1.82) is 0 Å². The molecular weight excluding hydrogens is 421 g/mol. The first-order chi connectivity index (χ1) is 13.3. The Hall–Kier alpha value is -2.16. The second-order valence-electron chi connectivity index (χ2n) is 6.17. The molecule has 1 atom stereocenters. The van der Waals surface area contributed by atoms with Crippen LogP contribution in [-0.2, 0) is 10.0 Å². The highest BCUT2D eigenvalue weighted by molar-refractivity contribution is 7.93. The van der Waals surface area contributed by atoms with Crippen LogP contribution in [0.4, 0.5) is 15.2 Å². The predicted octanol–water partition coefficient (Wildman–Crippen LogP) is 5.61. The first-order valence-corrected chi connectivity index (χ1v) is 11.3. The van der Waals surface area contributed by atoms with E-state index in [0.29, 0.717) is 5.69 Å². The molecule has 0 amide bonds. The third-order valence-electron chi connectivity index (χ3n) is 4.27. The smallest absolute Gasteiger partial charge is 0.266 e. The summed E-state index contributed by atoms with van der Waals surface area (Å²) >= 11 is 7.38. The summed E-state index contributed by atoms with van der Waals surface area (Å²) < 4.78 is 41.8. The minimum atomic E-state index is -4.14. The summed E-state index contributed by atoms with van der Waals surface area (Å²) in [5, 5.41) is 5.11. The van der Waals surface area contributed by atoms with Gasteiger partial charge in [0.15, 0.2) is 5.13 Å². The molecule has 3 aromatic rings. The largest absolute Gasteiger partial charge is 0.377 e. The molecule has 9 heteroatoms. The van der Waals surface area contributed by atoms with E-state index in [0.717, 1.165) is 41.0 Å². The van der Waals surface area contributed by atoms with Crippen molar-refractivity contribution >= 4 is 43.8 Å². The van der Waals surface area contributed by atoms with Gasteiger partial charge in [-0.15, -0.1) is 11.3 Å². The summed E-state index contributed by atoms with van der Waals surface area (Å²) in [7, 11) is -4.14. The zero-order chi connectivity index (χ0) is 20.3. The van der Waals surface area contributed by atoms with Gasteiger partial charge in [0.1, 0.15) is 10.7 Å². The van der Waals surface area contributed by atoms with E-state index in [4.69, 9.17) is 11.6 Å². The van der Waals surface area contributed by atoms with E-state index < -0.39 is 20.7 Å². The molecule has 0 aliphatic carbocycles. The fourth-order valence-corrected chi connectivity index (χ4v) is 5.01. The van der Waals surface area contributed by atoms with Crippen molar-refractivity contribution in [2.24, 2.45) is 0 Å². The van der Waals surface area contributed by atoms with Gasteiger partial charge in [0.05, 0.1) is 16.8 Å². The second-order valence-corrected chi connectivity index (χ2v) is 9.12. The summed E-state index contributed by atoms with van der Waals surface area (Å²) in [5.74, 6) is -0.893. The third-order valence-corrected chi connectivity index (χ3v) is 6.75. The van der Waals surface area contributed by atoms with Gasteiger partial charge in [0.25, 0.3) is 10.0 Å². The number of sulfonamides is 1. The summed E-state index contributed by atoms with van der Waals surface area (Å²) in [5.41, 5.74) is 2.51. The zero-order valence-corrected chi connectivity index (χ0v) is 17.6. The van der Waals surface area contributed by atoms with Crippen LogP contribution in [-0.4, -0.2) is 13.4 Å². The number of hydrogen-bond acceptors (Lipinski definition) is 5. The van der Waals surface area contributed by atoms with Gasteiger partial charge >= 0.3 is 0 Å². The Morgan fingerprint density at radius 3 is 2.68 bits per heavy atom. The van der Waals surface area contributed by atoms with Crippen LogP contribution in [0.1, 0.15) is 30.5 Å². The van der Waals surface area contributed by atoms with Crippen LogP contribution in [0.2, 0.25) is 5.02 Å². The maximum atomic E-state index is 14.7. The molecule has 5 nitrogen and oxygen atoms in total. The van der Waals surface area contributed by atoms with E-state index in [-0.39, 0.29) is 16.2 Å². The van der Waals surface area contributed by atoms with Crippen LogP contribution < -0.4 is 10.0 Å². The van der Waals surface area contributed by atoms with Gasteiger partial charge in [-0.2, -0.15) is 0 Å². The van der Waals surface area contributed by atoms with Gasteiger partial charge in [0.2, 0.25) is 0 Å². The lowest BCUT2D eigenvalue weighted by atomic mass is 9.99. The second kappa shape index (κ2) is 8.46. The number of hydrogen-bond donors (Lipinski definition) is 2. The maximum absolute atomic E-state index is 14.7. The lowest BCUT2D eigenvalue weighted by Crippen LogP contribution is -2.16. The molecule has 3 rings (SSSR count). The van der Waals surface area contributed by atoms with Crippen molar-refractivity contribution in [3.05, 3.63) is 69.9 Å². The average Bonchev–Trinajstić information content (AvgIpc) is 3.15. The number of aromatic nitrogens is 1. The molecule has 2 N–H and O–H groups in total. The van der Waals surface area contributed by atoms with Gasteiger partial charge in [-0.1, -0.05) is 42.8 Å². The quantitative estimate of drug-likeness (QED) is 0.502. The molecule has 1 unspecified atom stereocenters. The summed E-state index contributed by atoms with van der Waals surface area (Å²) in [6.07, 6.45) is 2.20. The van der Waals surface area contributed by atoms with Crippen LogP contribution in [0.5, 0.6) is 0 Å². The van der Waals surface area contributed by atoms with Gasteiger partial charge in [-0.05, 0) is 36.6 Å². The van der Waals surface area contributed by atoms with Crippen molar-refractivity contribution in [3.8, 4) is 0 Å². The first-order valence-electron chi connectivity index (χ1n) is 8.55. The molecular formula is C19H19ClFN3O2S2. The van der Waals surface area contributed by atoms with E-state index in [1.165, 1.54) is 6.20 Å². The van der Waals surface area contributed by atoms with Crippen molar-refractivity contribution < 1.29 is 12.8 Å². The Morgan fingerprint density at radius 2 is 2.04 bits per heavy atom. The number of nitrogens with zero attached hydrogens (tertiary/aromatic N) is 1. The normalized spacial score (nSPS) is 12.6. The molecule has 2 aromatic carbocycles. The number of anilines is 2. The highest BCUT2D eigenvalue weighted by Gasteiger charge is 2.23. The number of rotatable bonds is 7. The Balaban J connectivity index is 1.90. The van der Waals surface area contributed by atoms with E-state index in [1.54, 1.807) is 5.38 Å². The molecule has 0 aliphatic heterocycles. The summed E-state index contributed by atoms with van der Waals surface area (Å²) in [6.45, 7) is 4.01. The van der Waals surface area contributed by atoms with Gasteiger partial charge in [0, 0.05) is 11.6 Å². The number of nitrogens with one attached hydrogen (secondary N) is 2. The highest BCUT2D eigenvalue weighted by Crippen LogP contribution is 2.33. The molecule has 1 aromatic heterocycles. The van der Waals surface area contributed by atoms with Gasteiger partial charge < -0.3 is 5.32 Å². The Kier molecular flexibility index (Phi) is 6.22. The number of thiazole rings is 1. The van der Waals surface area contributed by atoms with Gasteiger partial charge in [-0.3, -0.25) is 4.72 Å². The molecule has 0 saturated heterocycles. The monoisotopic (exact) mass is 439 g/mol. The SMILES string of the molecule is CCC(Nc1cc(F)c(S(=O)(=O)Nc2nccs2)cc1Cl)c1ccccc1C. The third kappa shape index (κ3) is 4.45. The van der Waals surface area contributed by atoms with Gasteiger partial charge in [-0.25, -0.2) is 17.8 Å². The van der Waals surface area contributed by atoms with Crippen molar-refractivity contribution in [3.63, 3.8) is 0 Å². The number of benzene rings is 2. The minimum Gasteiger partial charge on any atom is -0.377 e. The topological polar surface area (TPSA) is 71.1 Å². The minimum absolute atomic E-state index is 0.0889. The standard InChI is InChI=1S/C19H19ClFN3O2S2/c1-3-16(13-7-5-4-6-12(13)2)23-17-11-15(21)18(10-14(17)20)28(25,26)24-19-22-8-9-27-19/h4-11,16,23H,3H2,1-2H3,(H,22,24). The van der Waals surface area contributed by atoms with E-state index in [9.17, 15) is 12.8 Å². The fourth-order valence-electron chi connectivity index (χ4n) is 2.85. The van der Waals surface area contributed by atoms with Crippen LogP contribution in [0.25, 0.3) is 0 Å². The molecule has 0 radical (unpaired) electrons. The van der Waals surface area contributed by atoms with Crippen molar-refractivity contribution in [2.45, 2.75) is 31.2 Å². The summed E-state index contributed by atoms with van der Waals surface area (Å²) in [4.78, 5) is 3.32. The molecule has 0 aliphatic rings. The van der Waals surface area contributed by atoms with Crippen molar-refractivity contribution in [1.82, 2.24) is 4.98 Å². The Labute approximate surface area is 172 Å². The Bertz CT molecular complexity index is 1070. The van der Waals surface area contributed by atoms with Crippen LogP contribution in [0.15, 0.2) is 52.9 Å². The van der Waals surface area contributed by atoms with Crippen LogP contribution >= 0.6 is 22.9 Å². The van der Waals surface area contributed by atoms with Crippen LogP contribution in [0.3, 0.4) is 0 Å². The van der Waals surface area contributed by atoms with Crippen LogP contribution in [0, 0.1) is 12.7 Å². The molecule has 0 fully saturated rings. The molecule has 0 saturated carbocycles. The van der Waals surface area contributed by atoms with E-state index in [1.807, 2.05) is 38.1 Å². The number of halogens is 2. The highest BCUT2D eigenvalue weighted by atomic mass is 35.5. The van der Waals surface area contributed by atoms with E-state index in [2.05, 4.69) is 15.0 Å². The maximum Gasteiger partial charge on any atom is 0.266 e. The zero-order valence-electron chi connectivity index (χ0n) is 15.2. The lowest BCUT2D eigenvalue weighted by molar-refractivity contribution is 0.570. The molecule has 0 bridgehead atoms. The molecule has 1 heterocycles. The van der Waals surface area contributed by atoms with Crippen molar-refractivity contribution in [2.75, 3.05) is 10.0 Å². The van der Waals surface area contributed by atoms with E-state index >= 15 is 0 Å². The molecule has 0 spiro atoms. The lowest BCUT2D eigenvalue weighted by Gasteiger charge is -2.22. The average molecular weight is 440 g/mol.